The van der Waals surface area contributed by atoms with Gasteiger partial charge in [0.1, 0.15) is 6.29 Å². The number of carbonyl (C=O) groups excluding carboxylic acids is 1. The van der Waals surface area contributed by atoms with Gasteiger partial charge in [0, 0.05) is 5.57 Å². The lowest BCUT2D eigenvalue weighted by molar-refractivity contribution is -0.104. The molecule has 120 valence electrons. The van der Waals surface area contributed by atoms with Crippen molar-refractivity contribution in [3.63, 3.8) is 0 Å². The average Bonchev–Trinajstić information content (AvgIpc) is 2.76. The van der Waals surface area contributed by atoms with Crippen molar-refractivity contribution in [3.8, 4) is 0 Å². The number of hydrogen-bond donors (Lipinski definition) is 0. The number of fused-ring (bicyclic) bond motifs is 1. The minimum Gasteiger partial charge on any atom is -0.298 e. The van der Waals surface area contributed by atoms with Crippen LogP contribution in [0.4, 0.5) is 0 Å². The highest BCUT2D eigenvalue weighted by Crippen LogP contribution is 2.45. The molecule has 2 rings (SSSR count). The third-order valence-electron chi connectivity index (χ3n) is 2.97. The zero-order chi connectivity index (χ0) is 17.0. The first kappa shape index (κ1) is 20.5. The second-order valence-corrected chi connectivity index (χ2v) is 5.32. The van der Waals surface area contributed by atoms with E-state index in [1.165, 1.54) is 16.1 Å². The number of aldehydes is 1. The van der Waals surface area contributed by atoms with Crippen LogP contribution in [0.15, 0.2) is 70.7 Å². The van der Waals surface area contributed by atoms with Crippen LogP contribution in [0.3, 0.4) is 0 Å². The first-order valence-electron chi connectivity index (χ1n) is 8.04. The van der Waals surface area contributed by atoms with E-state index >= 15 is 0 Å². The van der Waals surface area contributed by atoms with Crippen LogP contribution in [-0.4, -0.2) is 11.5 Å². The van der Waals surface area contributed by atoms with Gasteiger partial charge >= 0.3 is 0 Å². The number of carbonyl (C=O) groups is 1. The molecule has 1 unspecified atom stereocenters. The Kier molecular flexibility index (Phi) is 11.2. The fourth-order valence-electron chi connectivity index (χ4n) is 2.06. The fourth-order valence-corrected chi connectivity index (χ4v) is 3.33. The average molecular weight is 317 g/mol. The summed E-state index contributed by atoms with van der Waals surface area (Å²) in [5, 5.41) is 0.374. The van der Waals surface area contributed by atoms with Crippen LogP contribution in [0.25, 0.3) is 0 Å². The molecular formula is C20H28OS. The van der Waals surface area contributed by atoms with E-state index in [0.29, 0.717) is 10.8 Å². The van der Waals surface area contributed by atoms with Gasteiger partial charge in [-0.15, -0.1) is 11.8 Å². The molecule has 0 fully saturated rings. The highest BCUT2D eigenvalue weighted by Gasteiger charge is 2.26. The summed E-state index contributed by atoms with van der Waals surface area (Å²) < 4.78 is 0. The number of thioether (sulfide) groups is 1. The van der Waals surface area contributed by atoms with Crippen molar-refractivity contribution in [2.45, 2.75) is 46.3 Å². The Morgan fingerprint density at radius 2 is 1.91 bits per heavy atom. The molecular weight excluding hydrogens is 288 g/mol. The smallest absolute Gasteiger partial charge is 0.150 e. The molecule has 1 aliphatic heterocycles. The molecule has 0 spiro atoms. The Balaban J connectivity index is 0.00000102. The van der Waals surface area contributed by atoms with Gasteiger partial charge in [0.2, 0.25) is 0 Å². The van der Waals surface area contributed by atoms with Gasteiger partial charge in [-0.1, -0.05) is 77.7 Å². The fraction of sp³-hybridized carbons (Fsp3) is 0.350. The van der Waals surface area contributed by atoms with Gasteiger partial charge < -0.3 is 0 Å². The Morgan fingerprint density at radius 1 is 1.23 bits per heavy atom. The van der Waals surface area contributed by atoms with Crippen LogP contribution in [0.1, 0.15) is 41.0 Å². The van der Waals surface area contributed by atoms with Crippen molar-refractivity contribution in [3.05, 3.63) is 70.7 Å². The minimum atomic E-state index is 0.374. The van der Waals surface area contributed by atoms with Crippen molar-refractivity contribution >= 4 is 18.0 Å². The molecule has 0 amide bonds. The summed E-state index contributed by atoms with van der Waals surface area (Å²) in [6.45, 7) is 13.8. The van der Waals surface area contributed by atoms with Gasteiger partial charge in [0.05, 0.1) is 5.25 Å². The minimum absolute atomic E-state index is 0.374. The Hall–Kier alpha value is -1.54. The lowest BCUT2D eigenvalue weighted by Gasteiger charge is -2.06. The van der Waals surface area contributed by atoms with Crippen LogP contribution in [0.5, 0.6) is 0 Å². The first-order valence-corrected chi connectivity index (χ1v) is 8.92. The van der Waals surface area contributed by atoms with Gasteiger partial charge in [0.25, 0.3) is 0 Å². The maximum atomic E-state index is 10.9. The SMILES string of the molecule is C=C/C(C=O)=C\C1=C(CC)SC2C=CC=CC=C12.CC.CC. The maximum Gasteiger partial charge on any atom is 0.150 e. The van der Waals surface area contributed by atoms with Gasteiger partial charge in [-0.25, -0.2) is 0 Å². The molecule has 22 heavy (non-hydrogen) atoms. The van der Waals surface area contributed by atoms with Crippen LogP contribution in [-0.2, 0) is 4.79 Å². The van der Waals surface area contributed by atoms with Crippen molar-refractivity contribution < 1.29 is 4.79 Å². The summed E-state index contributed by atoms with van der Waals surface area (Å²) in [5.74, 6) is 0. The van der Waals surface area contributed by atoms with Gasteiger partial charge in [-0.05, 0) is 28.5 Å². The molecule has 1 aliphatic carbocycles. The van der Waals surface area contributed by atoms with E-state index in [1.807, 2.05) is 57.7 Å². The summed E-state index contributed by atoms with van der Waals surface area (Å²) in [5.41, 5.74) is 3.10. The van der Waals surface area contributed by atoms with Gasteiger partial charge in [0.15, 0.2) is 0 Å². The summed E-state index contributed by atoms with van der Waals surface area (Å²) in [6.07, 6.45) is 15.9. The van der Waals surface area contributed by atoms with E-state index in [9.17, 15) is 4.79 Å². The highest BCUT2D eigenvalue weighted by molar-refractivity contribution is 8.04. The molecule has 0 saturated heterocycles. The van der Waals surface area contributed by atoms with E-state index in [2.05, 4.69) is 31.7 Å². The van der Waals surface area contributed by atoms with Crippen molar-refractivity contribution in [1.82, 2.24) is 0 Å². The molecule has 0 aromatic rings. The van der Waals surface area contributed by atoms with E-state index in [1.54, 1.807) is 6.08 Å². The Bertz CT molecular complexity index is 506. The quantitative estimate of drug-likeness (QED) is 0.350. The Labute approximate surface area is 140 Å². The molecule has 1 nitrogen and oxygen atoms in total. The molecule has 0 aromatic heterocycles. The summed E-state index contributed by atoms with van der Waals surface area (Å²) >= 11 is 1.87. The van der Waals surface area contributed by atoms with Crippen molar-refractivity contribution in [2.75, 3.05) is 0 Å². The lowest BCUT2D eigenvalue weighted by atomic mass is 9.99. The normalized spacial score (nSPS) is 19.0. The number of hydrogen-bond acceptors (Lipinski definition) is 2. The van der Waals surface area contributed by atoms with Gasteiger partial charge in [-0.2, -0.15) is 0 Å². The molecule has 2 aliphatic rings. The highest BCUT2D eigenvalue weighted by atomic mass is 32.2. The van der Waals surface area contributed by atoms with Crippen molar-refractivity contribution in [1.29, 1.82) is 0 Å². The molecule has 1 heterocycles. The maximum absolute atomic E-state index is 10.9. The topological polar surface area (TPSA) is 17.1 Å². The van der Waals surface area contributed by atoms with Crippen LogP contribution in [0.2, 0.25) is 0 Å². The predicted molar refractivity (Wildman–Crippen MR) is 102 cm³/mol. The number of allylic oxidation sites excluding steroid dienone is 9. The zero-order valence-corrected chi connectivity index (χ0v) is 15.2. The third kappa shape index (κ3) is 5.34. The molecule has 0 radical (unpaired) electrons. The van der Waals surface area contributed by atoms with E-state index in [-0.39, 0.29) is 0 Å². The van der Waals surface area contributed by atoms with E-state index < -0.39 is 0 Å². The van der Waals surface area contributed by atoms with Crippen molar-refractivity contribution in [2.24, 2.45) is 0 Å². The zero-order valence-electron chi connectivity index (χ0n) is 14.4. The van der Waals surface area contributed by atoms with Crippen LogP contribution >= 0.6 is 11.8 Å². The Morgan fingerprint density at radius 3 is 2.45 bits per heavy atom. The largest absolute Gasteiger partial charge is 0.298 e. The summed E-state index contributed by atoms with van der Waals surface area (Å²) in [4.78, 5) is 12.3. The third-order valence-corrected chi connectivity index (χ3v) is 4.43. The first-order chi connectivity index (χ1) is 10.8. The lowest BCUT2D eigenvalue weighted by Crippen LogP contribution is -1.98. The molecule has 0 saturated carbocycles. The van der Waals surface area contributed by atoms with Crippen LogP contribution in [0, 0.1) is 0 Å². The number of rotatable bonds is 4. The monoisotopic (exact) mass is 316 g/mol. The van der Waals surface area contributed by atoms with Gasteiger partial charge in [-0.3, -0.25) is 4.79 Å². The van der Waals surface area contributed by atoms with E-state index in [4.69, 9.17) is 0 Å². The molecule has 0 bridgehead atoms. The molecule has 0 N–H and O–H groups in total. The molecule has 1 atom stereocenters. The molecule has 2 heteroatoms. The predicted octanol–water partition coefficient (Wildman–Crippen LogP) is 6.18. The van der Waals surface area contributed by atoms with Crippen LogP contribution < -0.4 is 0 Å². The molecule has 0 aromatic carbocycles. The standard InChI is InChI=1S/C16H16OS.2C2H6/c1-3-12(11-17)10-14-13-8-6-5-7-9-16(13)18-15(14)4-2;2*1-2/h3,5-11,16H,1,4H2,2H3;2*1-2H3/b12-10+;;. The second kappa shape index (κ2) is 12.0. The van der Waals surface area contributed by atoms with E-state index in [0.717, 1.165) is 12.7 Å². The second-order valence-electron chi connectivity index (χ2n) is 4.09. The summed E-state index contributed by atoms with van der Waals surface area (Å²) in [7, 11) is 0. The summed E-state index contributed by atoms with van der Waals surface area (Å²) in [6, 6.07) is 0.